The van der Waals surface area contributed by atoms with Gasteiger partial charge < -0.3 is 15.8 Å². The zero-order valence-corrected chi connectivity index (χ0v) is 13.9. The molecule has 26 heavy (non-hydrogen) atoms. The van der Waals surface area contributed by atoms with Crippen LogP contribution < -0.4 is 11.1 Å². The van der Waals surface area contributed by atoms with Gasteiger partial charge in [0, 0.05) is 11.1 Å². The molecule has 3 N–H and O–H groups in total. The lowest BCUT2D eigenvalue weighted by Crippen LogP contribution is -2.44. The van der Waals surface area contributed by atoms with Crippen LogP contribution in [-0.4, -0.2) is 36.2 Å². The number of primary amides is 1. The molecule has 0 saturated carbocycles. The van der Waals surface area contributed by atoms with Crippen molar-refractivity contribution in [2.75, 3.05) is 6.61 Å². The van der Waals surface area contributed by atoms with Crippen molar-refractivity contribution in [3.8, 4) is 0 Å². The van der Waals surface area contributed by atoms with Crippen LogP contribution in [0.2, 0.25) is 0 Å². The molecular formula is C19H18N2O5. The first-order chi connectivity index (χ1) is 12.5. The number of hydrogen-bond acceptors (Lipinski definition) is 5. The van der Waals surface area contributed by atoms with Crippen LogP contribution in [0.15, 0.2) is 60.7 Å². The summed E-state index contributed by atoms with van der Waals surface area (Å²) in [7, 11) is 0. The van der Waals surface area contributed by atoms with Gasteiger partial charge >= 0.3 is 5.97 Å². The molecule has 0 spiro atoms. The van der Waals surface area contributed by atoms with Crippen LogP contribution >= 0.6 is 0 Å². The van der Waals surface area contributed by atoms with E-state index in [4.69, 9.17) is 10.5 Å². The van der Waals surface area contributed by atoms with Crippen molar-refractivity contribution in [1.29, 1.82) is 0 Å². The first-order valence-corrected chi connectivity index (χ1v) is 7.86. The molecule has 2 amide bonds. The number of carbonyl (C=O) groups is 4. The maximum Gasteiger partial charge on any atom is 0.329 e. The molecule has 2 aromatic carbocycles. The molecule has 2 rings (SSSR count). The Kier molecular flexibility index (Phi) is 6.61. The van der Waals surface area contributed by atoms with Crippen molar-refractivity contribution in [2.45, 2.75) is 12.5 Å². The fourth-order valence-electron chi connectivity index (χ4n) is 2.17. The lowest BCUT2D eigenvalue weighted by atomic mass is 10.1. The average molecular weight is 354 g/mol. The van der Waals surface area contributed by atoms with Crippen molar-refractivity contribution < 1.29 is 23.9 Å². The van der Waals surface area contributed by atoms with Crippen molar-refractivity contribution in [3.05, 3.63) is 71.8 Å². The van der Waals surface area contributed by atoms with E-state index in [0.717, 1.165) is 0 Å². The third kappa shape index (κ3) is 5.55. The van der Waals surface area contributed by atoms with Crippen LogP contribution in [-0.2, 0) is 14.3 Å². The first-order valence-electron chi connectivity index (χ1n) is 7.86. The van der Waals surface area contributed by atoms with Crippen LogP contribution in [0.3, 0.4) is 0 Å². The third-order valence-corrected chi connectivity index (χ3v) is 3.47. The van der Waals surface area contributed by atoms with E-state index >= 15 is 0 Å². The maximum absolute atomic E-state index is 12.2. The van der Waals surface area contributed by atoms with Crippen molar-refractivity contribution in [1.82, 2.24) is 5.32 Å². The molecule has 7 heteroatoms. The molecule has 134 valence electrons. The monoisotopic (exact) mass is 354 g/mol. The second-order valence-electron chi connectivity index (χ2n) is 5.46. The van der Waals surface area contributed by atoms with Gasteiger partial charge in [-0.1, -0.05) is 48.5 Å². The minimum absolute atomic E-state index is 0.315. The Hall–Kier alpha value is -3.48. The van der Waals surface area contributed by atoms with E-state index in [1.807, 2.05) is 0 Å². The van der Waals surface area contributed by atoms with Gasteiger partial charge in [0.05, 0.1) is 6.42 Å². The molecular weight excluding hydrogens is 336 g/mol. The summed E-state index contributed by atoms with van der Waals surface area (Å²) in [4.78, 5) is 47.5. The molecule has 0 fully saturated rings. The summed E-state index contributed by atoms with van der Waals surface area (Å²) in [5.41, 5.74) is 5.83. The first kappa shape index (κ1) is 18.9. The lowest BCUT2D eigenvalue weighted by Gasteiger charge is -2.16. The largest absolute Gasteiger partial charge is 0.456 e. The predicted octanol–water partition coefficient (Wildman–Crippen LogP) is 1.09. The Morgan fingerprint density at radius 1 is 0.885 bits per heavy atom. The van der Waals surface area contributed by atoms with Crippen LogP contribution in [0.25, 0.3) is 0 Å². The summed E-state index contributed by atoms with van der Waals surface area (Å²) in [5.74, 6) is -2.64. The highest BCUT2D eigenvalue weighted by molar-refractivity contribution is 6.00. The zero-order chi connectivity index (χ0) is 18.9. The summed E-state index contributed by atoms with van der Waals surface area (Å²) in [5, 5.41) is 2.40. The minimum Gasteiger partial charge on any atom is -0.456 e. The summed E-state index contributed by atoms with van der Waals surface area (Å²) in [6, 6.07) is 15.2. The highest BCUT2D eigenvalue weighted by Crippen LogP contribution is 2.04. The van der Waals surface area contributed by atoms with E-state index in [0.29, 0.717) is 11.1 Å². The fraction of sp³-hybridized carbons (Fsp3) is 0.158. The van der Waals surface area contributed by atoms with Gasteiger partial charge in [-0.05, 0) is 12.1 Å². The molecule has 7 nitrogen and oxygen atoms in total. The normalized spacial score (nSPS) is 11.2. The molecule has 0 aliphatic carbocycles. The number of hydrogen-bond donors (Lipinski definition) is 2. The standard InChI is InChI=1S/C19H18N2O5/c20-17(23)11-15(21-18(24)14-9-5-2-6-10-14)19(25)26-12-16(22)13-7-3-1-4-8-13/h1-10,15H,11-12H2,(H2,20,23)(H,21,24)/t15-/m1/s1. The molecule has 0 aliphatic rings. The summed E-state index contributed by atoms with van der Waals surface area (Å²) in [6.07, 6.45) is -0.434. The molecule has 0 aliphatic heterocycles. The van der Waals surface area contributed by atoms with Crippen molar-refractivity contribution >= 4 is 23.6 Å². The number of benzene rings is 2. The summed E-state index contributed by atoms with van der Waals surface area (Å²) >= 11 is 0. The number of ketones is 1. The Balaban J connectivity index is 1.99. The van der Waals surface area contributed by atoms with E-state index in [2.05, 4.69) is 5.32 Å². The number of amides is 2. The van der Waals surface area contributed by atoms with Gasteiger partial charge in [-0.3, -0.25) is 14.4 Å². The molecule has 0 aromatic heterocycles. The number of nitrogens with one attached hydrogen (secondary N) is 1. The van der Waals surface area contributed by atoms with Gasteiger partial charge in [-0.25, -0.2) is 4.79 Å². The van der Waals surface area contributed by atoms with E-state index in [1.54, 1.807) is 60.7 Å². The predicted molar refractivity (Wildman–Crippen MR) is 93.2 cm³/mol. The number of carbonyl (C=O) groups excluding carboxylic acids is 4. The highest BCUT2D eigenvalue weighted by Gasteiger charge is 2.25. The van der Waals surface area contributed by atoms with Gasteiger partial charge in [0.25, 0.3) is 5.91 Å². The van der Waals surface area contributed by atoms with E-state index in [9.17, 15) is 19.2 Å². The molecule has 2 aromatic rings. The molecule has 0 bridgehead atoms. The fourth-order valence-corrected chi connectivity index (χ4v) is 2.17. The number of Topliss-reactive ketones (excluding diaryl/α,β-unsaturated/α-hetero) is 1. The smallest absolute Gasteiger partial charge is 0.329 e. The minimum atomic E-state index is -1.27. The zero-order valence-electron chi connectivity index (χ0n) is 13.9. The van der Waals surface area contributed by atoms with Crippen LogP contribution in [0.5, 0.6) is 0 Å². The number of nitrogens with two attached hydrogens (primary N) is 1. The molecule has 0 heterocycles. The third-order valence-electron chi connectivity index (χ3n) is 3.47. The Labute approximate surface area is 150 Å². The van der Waals surface area contributed by atoms with Crippen LogP contribution in [0.1, 0.15) is 27.1 Å². The highest BCUT2D eigenvalue weighted by atomic mass is 16.5. The van der Waals surface area contributed by atoms with Crippen molar-refractivity contribution in [3.63, 3.8) is 0 Å². The van der Waals surface area contributed by atoms with Crippen LogP contribution in [0.4, 0.5) is 0 Å². The van der Waals surface area contributed by atoms with E-state index < -0.39 is 42.6 Å². The number of rotatable bonds is 8. The van der Waals surface area contributed by atoms with Gasteiger partial charge in [0.15, 0.2) is 12.4 Å². The van der Waals surface area contributed by atoms with E-state index in [-0.39, 0.29) is 0 Å². The maximum atomic E-state index is 12.2. The van der Waals surface area contributed by atoms with E-state index in [1.165, 1.54) is 0 Å². The van der Waals surface area contributed by atoms with Gasteiger partial charge in [0.1, 0.15) is 6.04 Å². The molecule has 1 atom stereocenters. The number of ether oxygens (including phenoxy) is 1. The number of esters is 1. The van der Waals surface area contributed by atoms with Gasteiger partial charge in [0.2, 0.25) is 5.91 Å². The Bertz CT molecular complexity index is 790. The Morgan fingerprint density at radius 2 is 1.42 bits per heavy atom. The van der Waals surface area contributed by atoms with Gasteiger partial charge in [-0.2, -0.15) is 0 Å². The quantitative estimate of drug-likeness (QED) is 0.544. The summed E-state index contributed by atoms with van der Waals surface area (Å²) < 4.78 is 4.95. The lowest BCUT2D eigenvalue weighted by molar-refractivity contribution is -0.146. The molecule has 0 saturated heterocycles. The molecule has 0 radical (unpaired) electrons. The Morgan fingerprint density at radius 3 is 1.96 bits per heavy atom. The molecule has 0 unspecified atom stereocenters. The van der Waals surface area contributed by atoms with Crippen LogP contribution in [0, 0.1) is 0 Å². The second kappa shape index (κ2) is 9.12. The second-order valence-corrected chi connectivity index (χ2v) is 5.46. The topological polar surface area (TPSA) is 116 Å². The SMILES string of the molecule is NC(=O)C[C@@H](NC(=O)c1ccccc1)C(=O)OCC(=O)c1ccccc1. The summed E-state index contributed by atoms with van der Waals surface area (Å²) in [6.45, 7) is -0.501. The van der Waals surface area contributed by atoms with Crippen molar-refractivity contribution in [2.24, 2.45) is 5.73 Å². The average Bonchev–Trinajstić information content (AvgIpc) is 2.66. The van der Waals surface area contributed by atoms with Gasteiger partial charge in [-0.15, -0.1) is 0 Å².